The quantitative estimate of drug-likeness (QED) is 0.391. The summed E-state index contributed by atoms with van der Waals surface area (Å²) in [7, 11) is 0. The van der Waals surface area contributed by atoms with Gasteiger partial charge in [-0.05, 0) is 36.8 Å². The van der Waals surface area contributed by atoms with Gasteiger partial charge in [0.25, 0.3) is 0 Å². The lowest BCUT2D eigenvalue weighted by Gasteiger charge is -2.22. The first-order chi connectivity index (χ1) is 15.2. The molecule has 0 unspecified atom stereocenters. The van der Waals surface area contributed by atoms with E-state index in [1.54, 1.807) is 12.3 Å². The molecular weight excluding hydrogens is 428 g/mol. The Bertz CT molecular complexity index is 1270. The van der Waals surface area contributed by atoms with Crippen LogP contribution in [0.15, 0.2) is 54.9 Å². The molecule has 0 radical (unpaired) electrons. The van der Waals surface area contributed by atoms with Crippen molar-refractivity contribution in [1.82, 2.24) is 25.5 Å². The largest absolute Gasteiger partial charge is 0.412 e. The van der Waals surface area contributed by atoms with Crippen molar-refractivity contribution in [3.63, 3.8) is 0 Å². The number of carbonyl (C=O) groups is 1. The predicted molar refractivity (Wildman–Crippen MR) is 109 cm³/mol. The predicted octanol–water partition coefficient (Wildman–Crippen LogP) is 4.89. The van der Waals surface area contributed by atoms with E-state index in [4.69, 9.17) is 0 Å². The number of aromatic nitrogens is 4. The normalized spacial score (nSPS) is 12.5. The zero-order valence-electron chi connectivity index (χ0n) is 16.5. The molecular formula is C21H16F4N6O. The third kappa shape index (κ3) is 4.51. The molecule has 0 aliphatic rings. The highest BCUT2D eigenvalue weighted by molar-refractivity contribution is 5.95. The van der Waals surface area contributed by atoms with Crippen LogP contribution < -0.4 is 10.6 Å². The van der Waals surface area contributed by atoms with Crippen molar-refractivity contribution < 1.29 is 22.4 Å². The summed E-state index contributed by atoms with van der Waals surface area (Å²) in [6.45, 7) is 1.84. The van der Waals surface area contributed by atoms with E-state index in [0.717, 1.165) is 35.5 Å². The smallest absolute Gasteiger partial charge is 0.322 e. The molecule has 0 spiro atoms. The number of fused-ring (bicyclic) bond motifs is 1. The molecule has 4 rings (SSSR count). The number of aromatic amines is 1. The zero-order valence-corrected chi connectivity index (χ0v) is 16.5. The van der Waals surface area contributed by atoms with Crippen molar-refractivity contribution in [2.24, 2.45) is 0 Å². The number of carbonyl (C=O) groups excluding carboxylic acids is 1. The van der Waals surface area contributed by atoms with Gasteiger partial charge in [0, 0.05) is 35.1 Å². The standard InChI is InChI=1S/C21H16F4N6O/c1-11-8-13(6-7-26-11)18-15-10-27-17(9-16(15)30-31-18)28-20(32)29-19(21(23,24)25)12-2-4-14(22)5-3-12/h2-10,19H,1H3,(H,30,31)(H2,27,28,29,32)/t19-/m0/s1. The lowest BCUT2D eigenvalue weighted by Crippen LogP contribution is -2.40. The molecule has 2 amide bonds. The highest BCUT2D eigenvalue weighted by Gasteiger charge is 2.42. The Morgan fingerprint density at radius 3 is 2.53 bits per heavy atom. The number of nitrogens with one attached hydrogen (secondary N) is 3. The number of hydrogen-bond acceptors (Lipinski definition) is 4. The maximum Gasteiger partial charge on any atom is 0.412 e. The van der Waals surface area contributed by atoms with E-state index in [0.29, 0.717) is 16.6 Å². The van der Waals surface area contributed by atoms with Crippen LogP contribution in [0.1, 0.15) is 17.3 Å². The van der Waals surface area contributed by atoms with Crippen molar-refractivity contribution >= 4 is 22.8 Å². The van der Waals surface area contributed by atoms with E-state index >= 15 is 0 Å². The maximum absolute atomic E-state index is 13.4. The SMILES string of the molecule is Cc1cc(-c2n[nH]c3cc(NC(=O)N[C@@H](c4ccc(F)cc4)C(F)(F)F)ncc23)ccn1. The van der Waals surface area contributed by atoms with Gasteiger partial charge in [-0.15, -0.1) is 0 Å². The fraction of sp³-hybridized carbons (Fsp3) is 0.143. The first-order valence-electron chi connectivity index (χ1n) is 9.37. The topological polar surface area (TPSA) is 95.6 Å². The number of benzene rings is 1. The molecule has 1 aromatic carbocycles. The second-order valence-electron chi connectivity index (χ2n) is 7.00. The van der Waals surface area contributed by atoms with Gasteiger partial charge in [-0.1, -0.05) is 12.1 Å². The van der Waals surface area contributed by atoms with Crippen LogP contribution in [0.2, 0.25) is 0 Å². The minimum Gasteiger partial charge on any atom is -0.322 e. The minimum absolute atomic E-state index is 0.0242. The number of anilines is 1. The Labute approximate surface area is 178 Å². The molecule has 32 heavy (non-hydrogen) atoms. The van der Waals surface area contributed by atoms with Gasteiger partial charge in [0.05, 0.1) is 5.52 Å². The van der Waals surface area contributed by atoms with Crippen LogP contribution in [0, 0.1) is 12.7 Å². The Kier molecular flexibility index (Phi) is 5.47. The summed E-state index contributed by atoms with van der Waals surface area (Å²) in [4.78, 5) is 20.5. The number of amides is 2. The van der Waals surface area contributed by atoms with Crippen molar-refractivity contribution in [2.75, 3.05) is 5.32 Å². The van der Waals surface area contributed by atoms with Gasteiger partial charge in [0.15, 0.2) is 6.04 Å². The number of nitrogens with zero attached hydrogens (tertiary/aromatic N) is 3. The summed E-state index contributed by atoms with van der Waals surface area (Å²) in [5, 5.41) is 11.9. The number of urea groups is 1. The van der Waals surface area contributed by atoms with E-state index in [-0.39, 0.29) is 11.4 Å². The molecule has 0 saturated carbocycles. The average molecular weight is 444 g/mol. The van der Waals surface area contributed by atoms with Crippen molar-refractivity contribution in [2.45, 2.75) is 19.1 Å². The third-order valence-corrected chi connectivity index (χ3v) is 4.67. The Hall–Kier alpha value is -4.02. The molecule has 0 aliphatic carbocycles. The van der Waals surface area contributed by atoms with Crippen molar-refractivity contribution in [3.05, 3.63) is 71.9 Å². The molecule has 11 heteroatoms. The van der Waals surface area contributed by atoms with Crippen LogP contribution in [0.5, 0.6) is 0 Å². The van der Waals surface area contributed by atoms with Crippen LogP contribution in [0.3, 0.4) is 0 Å². The maximum atomic E-state index is 13.4. The van der Waals surface area contributed by atoms with E-state index < -0.39 is 24.1 Å². The average Bonchev–Trinajstić information content (AvgIpc) is 3.15. The highest BCUT2D eigenvalue weighted by Crippen LogP contribution is 2.33. The van der Waals surface area contributed by atoms with Crippen molar-refractivity contribution in [1.29, 1.82) is 0 Å². The van der Waals surface area contributed by atoms with E-state index in [1.165, 1.54) is 12.3 Å². The van der Waals surface area contributed by atoms with Crippen LogP contribution >= 0.6 is 0 Å². The van der Waals surface area contributed by atoms with Crippen LogP contribution in [-0.2, 0) is 0 Å². The van der Waals surface area contributed by atoms with Gasteiger partial charge in [-0.3, -0.25) is 15.4 Å². The van der Waals surface area contributed by atoms with Gasteiger partial charge < -0.3 is 5.32 Å². The summed E-state index contributed by atoms with van der Waals surface area (Å²) in [6, 6.07) is 5.37. The third-order valence-electron chi connectivity index (χ3n) is 4.67. The summed E-state index contributed by atoms with van der Waals surface area (Å²) in [5.41, 5.74) is 2.48. The van der Waals surface area contributed by atoms with Gasteiger partial charge in [0.2, 0.25) is 0 Å². The molecule has 3 aromatic heterocycles. The van der Waals surface area contributed by atoms with Crippen LogP contribution in [0.4, 0.5) is 28.2 Å². The molecule has 164 valence electrons. The number of pyridine rings is 2. The van der Waals surface area contributed by atoms with Crippen LogP contribution in [-0.4, -0.2) is 32.4 Å². The Morgan fingerprint density at radius 1 is 1.09 bits per heavy atom. The first-order valence-corrected chi connectivity index (χ1v) is 9.37. The molecule has 4 aromatic rings. The zero-order chi connectivity index (χ0) is 22.9. The molecule has 0 bridgehead atoms. The second-order valence-corrected chi connectivity index (χ2v) is 7.00. The lowest BCUT2D eigenvalue weighted by atomic mass is 10.1. The molecule has 7 nitrogen and oxygen atoms in total. The number of H-pyrrole nitrogens is 1. The fourth-order valence-electron chi connectivity index (χ4n) is 3.19. The lowest BCUT2D eigenvalue weighted by molar-refractivity contribution is -0.154. The summed E-state index contributed by atoms with van der Waals surface area (Å²) < 4.78 is 53.4. The van der Waals surface area contributed by atoms with Crippen LogP contribution in [0.25, 0.3) is 22.2 Å². The first kappa shape index (κ1) is 21.2. The molecule has 3 N–H and O–H groups in total. The molecule has 0 fully saturated rings. The van der Waals surface area contributed by atoms with Crippen molar-refractivity contribution in [3.8, 4) is 11.3 Å². The summed E-state index contributed by atoms with van der Waals surface area (Å²) in [6.07, 6.45) is -1.68. The van der Waals surface area contributed by atoms with Gasteiger partial charge >= 0.3 is 12.2 Å². The minimum atomic E-state index is -4.78. The van der Waals surface area contributed by atoms with E-state index in [9.17, 15) is 22.4 Å². The molecule has 0 saturated heterocycles. The van der Waals surface area contributed by atoms with Gasteiger partial charge in [0.1, 0.15) is 17.3 Å². The van der Waals surface area contributed by atoms with E-state index in [1.807, 2.05) is 18.3 Å². The Morgan fingerprint density at radius 2 is 1.84 bits per heavy atom. The number of aryl methyl sites for hydroxylation is 1. The number of hydrogen-bond donors (Lipinski definition) is 3. The van der Waals surface area contributed by atoms with Gasteiger partial charge in [-0.2, -0.15) is 18.3 Å². The number of rotatable bonds is 4. The fourth-order valence-corrected chi connectivity index (χ4v) is 3.19. The second kappa shape index (κ2) is 8.25. The highest BCUT2D eigenvalue weighted by atomic mass is 19.4. The molecule has 0 aliphatic heterocycles. The molecule has 3 heterocycles. The summed E-state index contributed by atoms with van der Waals surface area (Å²) in [5.74, 6) is -0.659. The Balaban J connectivity index is 1.53. The number of halogens is 4. The number of alkyl halides is 3. The molecule has 1 atom stereocenters. The summed E-state index contributed by atoms with van der Waals surface area (Å²) >= 11 is 0. The van der Waals surface area contributed by atoms with E-state index in [2.05, 4.69) is 25.5 Å². The monoisotopic (exact) mass is 444 g/mol. The van der Waals surface area contributed by atoms with Gasteiger partial charge in [-0.25, -0.2) is 14.2 Å².